The molecule has 0 bridgehead atoms. The SMILES string of the molecule is CC(C)(C)c1ccc(-c2ccc(N(c3ccc4c(c3)C(c3ccccc3)(c3ccc(C(C)(C)C)cc3)c3ccccc3-4)c3ccc4c(c3)C(c3ccc(C(C)(C)C)cc3)(c3ccc(C(C)(C)C)cc3)c3ccccc3-4)cc2)cc1. The van der Waals surface area contributed by atoms with Crippen molar-refractivity contribution in [1.82, 2.24) is 0 Å². The van der Waals surface area contributed by atoms with Crippen LogP contribution in [0, 0.1) is 0 Å². The fraction of sp³-hybridized carbons (Fsp3) is 0.231. The molecule has 10 aromatic carbocycles. The Hall–Kier alpha value is -8.00. The highest BCUT2D eigenvalue weighted by Gasteiger charge is 2.48. The first kappa shape index (κ1) is 51.7. The highest BCUT2D eigenvalue weighted by Crippen LogP contribution is 2.60. The molecule has 1 atom stereocenters. The van der Waals surface area contributed by atoms with Gasteiger partial charge in [-0.05, 0) is 158 Å². The van der Waals surface area contributed by atoms with Gasteiger partial charge in [-0.3, -0.25) is 0 Å². The van der Waals surface area contributed by atoms with E-state index in [1.165, 1.54) is 100 Å². The summed E-state index contributed by atoms with van der Waals surface area (Å²) < 4.78 is 0. The lowest BCUT2D eigenvalue weighted by atomic mass is 9.66. The molecular formula is C78H75N. The van der Waals surface area contributed by atoms with Crippen molar-refractivity contribution in [1.29, 1.82) is 0 Å². The van der Waals surface area contributed by atoms with Gasteiger partial charge >= 0.3 is 0 Å². The van der Waals surface area contributed by atoms with Gasteiger partial charge in [-0.25, -0.2) is 0 Å². The summed E-state index contributed by atoms with van der Waals surface area (Å²) in [6, 6.07) is 91.1. The van der Waals surface area contributed by atoms with Crippen LogP contribution in [0.1, 0.15) is 150 Å². The maximum Gasteiger partial charge on any atom is 0.0714 e. The maximum atomic E-state index is 2.53. The van der Waals surface area contributed by atoms with Gasteiger partial charge in [-0.15, -0.1) is 0 Å². The van der Waals surface area contributed by atoms with E-state index in [0.29, 0.717) is 0 Å². The molecule has 0 heterocycles. The molecule has 2 aliphatic rings. The van der Waals surface area contributed by atoms with Crippen molar-refractivity contribution >= 4 is 17.1 Å². The molecule has 0 aliphatic heterocycles. The van der Waals surface area contributed by atoms with Gasteiger partial charge in [0.2, 0.25) is 0 Å². The minimum Gasteiger partial charge on any atom is -0.310 e. The molecule has 0 N–H and O–H groups in total. The van der Waals surface area contributed by atoms with Crippen molar-refractivity contribution in [2.45, 2.75) is 116 Å². The first-order chi connectivity index (χ1) is 37.7. The molecular weight excluding hydrogens is 951 g/mol. The monoisotopic (exact) mass is 1030 g/mol. The third-order valence-corrected chi connectivity index (χ3v) is 17.5. The lowest BCUT2D eigenvalue weighted by Crippen LogP contribution is -2.29. The zero-order chi connectivity index (χ0) is 55.3. The lowest BCUT2D eigenvalue weighted by Gasteiger charge is -2.36. The molecule has 0 fully saturated rings. The van der Waals surface area contributed by atoms with Gasteiger partial charge < -0.3 is 4.90 Å². The molecule has 0 saturated carbocycles. The normalized spacial score (nSPS) is 15.5. The van der Waals surface area contributed by atoms with Crippen LogP contribution in [0.2, 0.25) is 0 Å². The van der Waals surface area contributed by atoms with E-state index in [-0.39, 0.29) is 21.7 Å². The molecule has 392 valence electrons. The second-order valence-electron chi connectivity index (χ2n) is 26.6. The quantitative estimate of drug-likeness (QED) is 0.147. The van der Waals surface area contributed by atoms with Gasteiger partial charge in [0.25, 0.3) is 0 Å². The molecule has 0 spiro atoms. The summed E-state index contributed by atoms with van der Waals surface area (Å²) in [5.41, 5.74) is 25.2. The van der Waals surface area contributed by atoms with Crippen LogP contribution in [-0.2, 0) is 32.5 Å². The molecule has 79 heavy (non-hydrogen) atoms. The molecule has 1 unspecified atom stereocenters. The van der Waals surface area contributed by atoms with Crippen molar-refractivity contribution in [3.05, 3.63) is 303 Å². The Morgan fingerprint density at radius 1 is 0.241 bits per heavy atom. The molecule has 0 saturated heterocycles. The average molecular weight is 1030 g/mol. The number of hydrogen-bond acceptors (Lipinski definition) is 1. The summed E-state index contributed by atoms with van der Waals surface area (Å²) >= 11 is 0. The Balaban J connectivity index is 1.12. The Bertz CT molecular complexity index is 3810. The summed E-state index contributed by atoms with van der Waals surface area (Å²) in [5, 5.41) is 0. The van der Waals surface area contributed by atoms with E-state index in [1.54, 1.807) is 0 Å². The second kappa shape index (κ2) is 18.8. The van der Waals surface area contributed by atoms with Gasteiger partial charge in [0.1, 0.15) is 0 Å². The van der Waals surface area contributed by atoms with Crippen LogP contribution >= 0.6 is 0 Å². The topological polar surface area (TPSA) is 3.24 Å². The van der Waals surface area contributed by atoms with E-state index >= 15 is 0 Å². The lowest BCUT2D eigenvalue weighted by molar-refractivity contribution is 0.588. The van der Waals surface area contributed by atoms with Gasteiger partial charge in [0, 0.05) is 17.1 Å². The minimum absolute atomic E-state index is 0.00977. The summed E-state index contributed by atoms with van der Waals surface area (Å²) in [6.07, 6.45) is 0. The minimum atomic E-state index is -0.606. The van der Waals surface area contributed by atoms with Crippen LogP contribution in [0.15, 0.2) is 237 Å². The fourth-order valence-electron chi connectivity index (χ4n) is 13.2. The van der Waals surface area contributed by atoms with E-state index in [1.807, 2.05) is 0 Å². The van der Waals surface area contributed by atoms with E-state index in [9.17, 15) is 0 Å². The number of benzene rings is 10. The van der Waals surface area contributed by atoms with E-state index in [4.69, 9.17) is 0 Å². The molecule has 0 amide bonds. The molecule has 12 rings (SSSR count). The van der Waals surface area contributed by atoms with Crippen LogP contribution in [0.25, 0.3) is 33.4 Å². The van der Waals surface area contributed by atoms with Crippen LogP contribution in [0.5, 0.6) is 0 Å². The molecule has 0 aromatic heterocycles. The second-order valence-corrected chi connectivity index (χ2v) is 26.6. The number of fused-ring (bicyclic) bond motifs is 6. The van der Waals surface area contributed by atoms with Crippen LogP contribution in [-0.4, -0.2) is 0 Å². The van der Waals surface area contributed by atoms with Crippen molar-refractivity contribution in [3.63, 3.8) is 0 Å². The van der Waals surface area contributed by atoms with Gasteiger partial charge in [-0.1, -0.05) is 283 Å². The van der Waals surface area contributed by atoms with Crippen molar-refractivity contribution < 1.29 is 0 Å². The van der Waals surface area contributed by atoms with Gasteiger partial charge in [-0.2, -0.15) is 0 Å². The Kier molecular flexibility index (Phi) is 12.3. The van der Waals surface area contributed by atoms with E-state index < -0.39 is 10.8 Å². The highest BCUT2D eigenvalue weighted by molar-refractivity contribution is 5.92. The third kappa shape index (κ3) is 8.60. The summed E-state index contributed by atoms with van der Waals surface area (Å²) in [6.45, 7) is 27.6. The molecule has 1 nitrogen and oxygen atoms in total. The van der Waals surface area contributed by atoms with E-state index in [0.717, 1.165) is 17.1 Å². The first-order valence-corrected chi connectivity index (χ1v) is 28.6. The maximum absolute atomic E-state index is 2.53. The largest absolute Gasteiger partial charge is 0.310 e. The Morgan fingerprint density at radius 3 is 0.873 bits per heavy atom. The average Bonchev–Trinajstić information content (AvgIpc) is 4.13. The highest BCUT2D eigenvalue weighted by atomic mass is 15.1. The molecule has 1 heteroatoms. The standard InChI is InChI=1S/C78H75N/c1-73(2,3)54-30-26-52(27-31-54)53-28-44-62(45-29-53)79(63-46-48-67-65-22-16-18-24-69(65)77(71(67)50-63,58-20-14-13-15-21-58)59-38-32-55(33-39-59)74(4,5)6)64-47-49-68-66-23-17-19-25-70(66)78(72(68)51-64,60-40-34-56(35-41-60)75(7,8)9)61-42-36-57(37-43-61)76(10,11)12/h13-51H,1-12H3. The fourth-order valence-corrected chi connectivity index (χ4v) is 13.2. The molecule has 0 radical (unpaired) electrons. The van der Waals surface area contributed by atoms with Crippen LogP contribution < -0.4 is 4.90 Å². The zero-order valence-corrected chi connectivity index (χ0v) is 48.5. The van der Waals surface area contributed by atoms with Crippen molar-refractivity contribution in [3.8, 4) is 33.4 Å². The predicted molar refractivity (Wildman–Crippen MR) is 336 cm³/mol. The Labute approximate surface area is 471 Å². The summed E-state index contributed by atoms with van der Waals surface area (Å²) in [5.74, 6) is 0. The number of nitrogens with zero attached hydrogens (tertiary/aromatic N) is 1. The van der Waals surface area contributed by atoms with Crippen LogP contribution in [0.4, 0.5) is 17.1 Å². The smallest absolute Gasteiger partial charge is 0.0714 e. The van der Waals surface area contributed by atoms with E-state index in [2.05, 4.69) is 325 Å². The number of hydrogen-bond donors (Lipinski definition) is 0. The Morgan fingerprint density at radius 2 is 0.519 bits per heavy atom. The zero-order valence-electron chi connectivity index (χ0n) is 48.5. The van der Waals surface area contributed by atoms with Crippen molar-refractivity contribution in [2.24, 2.45) is 0 Å². The number of rotatable bonds is 8. The molecule has 10 aromatic rings. The summed E-state index contributed by atoms with van der Waals surface area (Å²) in [7, 11) is 0. The summed E-state index contributed by atoms with van der Waals surface area (Å²) in [4.78, 5) is 2.52. The van der Waals surface area contributed by atoms with Crippen molar-refractivity contribution in [2.75, 3.05) is 4.90 Å². The molecule has 2 aliphatic carbocycles. The van der Waals surface area contributed by atoms with Gasteiger partial charge in [0.15, 0.2) is 0 Å². The first-order valence-electron chi connectivity index (χ1n) is 28.6. The number of anilines is 3. The predicted octanol–water partition coefficient (Wildman–Crippen LogP) is 20.7. The van der Waals surface area contributed by atoms with Gasteiger partial charge in [0.05, 0.1) is 10.8 Å². The third-order valence-electron chi connectivity index (χ3n) is 17.5. The van der Waals surface area contributed by atoms with Crippen LogP contribution in [0.3, 0.4) is 0 Å².